The molecule has 0 saturated heterocycles. The fraction of sp³-hybridized carbons (Fsp3) is 0.474. The van der Waals surface area contributed by atoms with Gasteiger partial charge in [-0.25, -0.2) is 8.42 Å². The van der Waals surface area contributed by atoms with Crippen molar-refractivity contribution >= 4 is 21.7 Å². The maximum atomic E-state index is 12.6. The first kappa shape index (κ1) is 18.6. The number of nitrogens with one attached hydrogen (secondary N) is 2. The minimum atomic E-state index is -3.68. The molecule has 3 rings (SSSR count). The second-order valence-corrected chi connectivity index (χ2v) is 8.66. The highest BCUT2D eigenvalue weighted by Gasteiger charge is 2.18. The number of hydrogen-bond acceptors (Lipinski definition) is 5. The van der Waals surface area contributed by atoms with Crippen LogP contribution >= 0.6 is 0 Å². The Hall–Kier alpha value is -2.15. The molecule has 1 aromatic carbocycles. The van der Waals surface area contributed by atoms with Gasteiger partial charge in [0.05, 0.1) is 4.90 Å². The Kier molecular flexibility index (Phi) is 5.76. The second-order valence-electron chi connectivity index (χ2n) is 7.01. The summed E-state index contributed by atoms with van der Waals surface area (Å²) in [5, 5.41) is 11.6. The Morgan fingerprint density at radius 2 is 1.58 bits per heavy atom. The topological polar surface area (TPSA) is 84.0 Å². The van der Waals surface area contributed by atoms with Gasteiger partial charge >= 0.3 is 0 Å². The van der Waals surface area contributed by atoms with Gasteiger partial charge in [-0.05, 0) is 50.5 Å². The predicted octanol–water partition coefficient (Wildman–Crippen LogP) is 4.03. The van der Waals surface area contributed by atoms with Crippen molar-refractivity contribution in [2.75, 3.05) is 10.0 Å². The first-order valence-corrected chi connectivity index (χ1v) is 10.6. The van der Waals surface area contributed by atoms with Crippen LogP contribution < -0.4 is 10.0 Å². The van der Waals surface area contributed by atoms with Gasteiger partial charge in [-0.1, -0.05) is 43.4 Å². The summed E-state index contributed by atoms with van der Waals surface area (Å²) >= 11 is 0. The first-order chi connectivity index (χ1) is 12.4. The summed E-state index contributed by atoms with van der Waals surface area (Å²) in [5.74, 6) is 0.905. The average molecular weight is 375 g/mol. The second kappa shape index (κ2) is 8.03. The Morgan fingerprint density at radius 3 is 2.19 bits per heavy atom. The summed E-state index contributed by atoms with van der Waals surface area (Å²) in [6.07, 6.45) is 7.34. The molecule has 0 atom stereocenters. The van der Waals surface area contributed by atoms with E-state index in [0.29, 0.717) is 17.4 Å². The molecule has 6 nitrogen and oxygen atoms in total. The molecular weight excluding hydrogens is 348 g/mol. The molecule has 0 unspecified atom stereocenters. The van der Waals surface area contributed by atoms with Crippen molar-refractivity contribution < 1.29 is 8.42 Å². The number of nitrogens with zero attached hydrogens (tertiary/aromatic N) is 2. The van der Waals surface area contributed by atoms with Crippen molar-refractivity contribution in [1.29, 1.82) is 0 Å². The van der Waals surface area contributed by atoms with Crippen LogP contribution in [0.15, 0.2) is 35.2 Å². The van der Waals surface area contributed by atoms with Crippen molar-refractivity contribution in [3.05, 3.63) is 41.5 Å². The molecule has 140 valence electrons. The smallest absolute Gasteiger partial charge is 0.263 e. The van der Waals surface area contributed by atoms with E-state index in [-0.39, 0.29) is 10.7 Å². The summed E-state index contributed by atoms with van der Waals surface area (Å²) in [6, 6.07) is 9.09. The number of rotatable bonds is 5. The molecule has 1 aliphatic carbocycles. The molecule has 2 aromatic rings. The van der Waals surface area contributed by atoms with Crippen LogP contribution in [0.2, 0.25) is 0 Å². The van der Waals surface area contributed by atoms with E-state index < -0.39 is 10.0 Å². The van der Waals surface area contributed by atoms with Gasteiger partial charge in [-0.3, -0.25) is 4.72 Å². The molecule has 26 heavy (non-hydrogen) atoms. The van der Waals surface area contributed by atoms with Gasteiger partial charge in [0.1, 0.15) is 5.82 Å². The molecule has 1 aliphatic rings. The number of aromatic nitrogens is 2. The highest BCUT2D eigenvalue weighted by Crippen LogP contribution is 2.22. The molecule has 0 bridgehead atoms. The Balaban J connectivity index is 1.68. The first-order valence-electron chi connectivity index (χ1n) is 9.14. The van der Waals surface area contributed by atoms with Crippen molar-refractivity contribution in [3.63, 3.8) is 0 Å². The third-order valence-electron chi connectivity index (χ3n) is 4.73. The van der Waals surface area contributed by atoms with Crippen LogP contribution in [0.25, 0.3) is 0 Å². The van der Waals surface area contributed by atoms with Crippen molar-refractivity contribution in [2.45, 2.75) is 63.3 Å². The lowest BCUT2D eigenvalue weighted by Crippen LogP contribution is -2.20. The molecule has 1 aromatic heterocycles. The molecule has 1 fully saturated rings. The largest absolute Gasteiger partial charge is 0.366 e. The summed E-state index contributed by atoms with van der Waals surface area (Å²) in [4.78, 5) is 0.255. The van der Waals surface area contributed by atoms with E-state index in [1.54, 1.807) is 31.2 Å². The van der Waals surface area contributed by atoms with Gasteiger partial charge in [0.2, 0.25) is 0 Å². The van der Waals surface area contributed by atoms with Crippen LogP contribution in [0, 0.1) is 13.8 Å². The average Bonchev–Trinajstić information content (AvgIpc) is 2.84. The van der Waals surface area contributed by atoms with Crippen LogP contribution in [0.1, 0.15) is 49.7 Å². The minimum absolute atomic E-state index is 0.219. The normalized spacial score (nSPS) is 16.1. The molecule has 2 N–H and O–H groups in total. The van der Waals surface area contributed by atoms with Crippen molar-refractivity contribution in [1.82, 2.24) is 10.2 Å². The molecule has 1 saturated carbocycles. The van der Waals surface area contributed by atoms with E-state index in [0.717, 1.165) is 18.4 Å². The zero-order valence-electron chi connectivity index (χ0n) is 15.3. The summed E-state index contributed by atoms with van der Waals surface area (Å²) < 4.78 is 27.7. The number of aryl methyl sites for hydroxylation is 2. The van der Waals surface area contributed by atoms with Gasteiger partial charge in [0, 0.05) is 6.04 Å². The van der Waals surface area contributed by atoms with E-state index >= 15 is 0 Å². The van der Waals surface area contributed by atoms with Crippen LogP contribution in [-0.4, -0.2) is 24.7 Å². The van der Waals surface area contributed by atoms with Crippen LogP contribution in [0.5, 0.6) is 0 Å². The van der Waals surface area contributed by atoms with Gasteiger partial charge < -0.3 is 5.32 Å². The molecule has 7 heteroatoms. The lowest BCUT2D eigenvalue weighted by atomic mass is 10.1. The number of sulfonamides is 1. The van der Waals surface area contributed by atoms with Gasteiger partial charge in [-0.15, -0.1) is 10.2 Å². The quantitative estimate of drug-likeness (QED) is 0.772. The zero-order chi connectivity index (χ0) is 18.6. The SMILES string of the molecule is Cc1ccc(S(=O)(=O)Nc2ccc(NC3CCCCCC3)nn2)c(C)c1. The molecule has 0 radical (unpaired) electrons. The fourth-order valence-electron chi connectivity index (χ4n) is 3.39. The van der Waals surface area contributed by atoms with Gasteiger partial charge in [0.25, 0.3) is 10.0 Å². The minimum Gasteiger partial charge on any atom is -0.366 e. The molecule has 0 amide bonds. The zero-order valence-corrected chi connectivity index (χ0v) is 16.1. The van der Waals surface area contributed by atoms with E-state index in [2.05, 4.69) is 20.2 Å². The number of benzene rings is 1. The highest BCUT2D eigenvalue weighted by molar-refractivity contribution is 7.92. The molecular formula is C19H26N4O2S. The van der Waals surface area contributed by atoms with Crippen LogP contribution in [0.4, 0.5) is 11.6 Å². The predicted molar refractivity (Wildman–Crippen MR) is 104 cm³/mol. The Labute approximate surface area is 155 Å². The monoisotopic (exact) mass is 374 g/mol. The third-order valence-corrected chi connectivity index (χ3v) is 6.25. The lowest BCUT2D eigenvalue weighted by molar-refractivity contribution is 0.600. The summed E-state index contributed by atoms with van der Waals surface area (Å²) in [5.41, 5.74) is 1.73. The number of hydrogen-bond donors (Lipinski definition) is 2. The maximum Gasteiger partial charge on any atom is 0.263 e. The molecule has 0 spiro atoms. The van der Waals surface area contributed by atoms with Crippen molar-refractivity contribution in [2.24, 2.45) is 0 Å². The molecule has 1 heterocycles. The van der Waals surface area contributed by atoms with E-state index in [4.69, 9.17) is 0 Å². The highest BCUT2D eigenvalue weighted by atomic mass is 32.2. The van der Waals surface area contributed by atoms with E-state index in [9.17, 15) is 8.42 Å². The van der Waals surface area contributed by atoms with Gasteiger partial charge in [0.15, 0.2) is 5.82 Å². The number of anilines is 2. The van der Waals surface area contributed by atoms with Crippen molar-refractivity contribution in [3.8, 4) is 0 Å². The standard InChI is InChI=1S/C19H26N4O2S/c1-14-9-10-17(15(2)13-14)26(24,25)23-19-12-11-18(21-22-19)20-16-7-5-3-4-6-8-16/h9-13,16H,3-8H2,1-2H3,(H,20,21)(H,22,23). The van der Waals surface area contributed by atoms with Gasteiger partial charge in [-0.2, -0.15) is 0 Å². The Bertz CT molecular complexity index is 842. The van der Waals surface area contributed by atoms with Crippen LogP contribution in [-0.2, 0) is 10.0 Å². The lowest BCUT2D eigenvalue weighted by Gasteiger charge is -2.16. The Morgan fingerprint density at radius 1 is 0.923 bits per heavy atom. The summed E-state index contributed by atoms with van der Waals surface area (Å²) in [6.45, 7) is 3.72. The van der Waals surface area contributed by atoms with E-state index in [1.165, 1.54) is 25.7 Å². The summed E-state index contributed by atoms with van der Waals surface area (Å²) in [7, 11) is -3.68. The third kappa shape index (κ3) is 4.72. The van der Waals surface area contributed by atoms with Crippen LogP contribution in [0.3, 0.4) is 0 Å². The molecule has 0 aliphatic heterocycles. The fourth-order valence-corrected chi connectivity index (χ4v) is 4.61. The maximum absolute atomic E-state index is 12.6. The van der Waals surface area contributed by atoms with E-state index in [1.807, 2.05) is 13.0 Å².